The monoisotopic (exact) mass is 248 g/mol. The molecule has 1 rings (SSSR count). The van der Waals surface area contributed by atoms with E-state index in [0.29, 0.717) is 0 Å². The third-order valence-corrected chi connectivity index (χ3v) is 2.10. The van der Waals surface area contributed by atoms with E-state index in [-0.39, 0.29) is 10.2 Å². The van der Waals surface area contributed by atoms with Crippen LogP contribution >= 0.6 is 15.9 Å². The maximum absolute atomic E-state index is 13.2. The Balaban J connectivity index is 3.41. The average molecular weight is 249 g/mol. The van der Waals surface area contributed by atoms with E-state index in [1.165, 1.54) is 19.2 Å². The first-order chi connectivity index (χ1) is 6.07. The number of benzene rings is 1. The van der Waals surface area contributed by atoms with Crippen LogP contribution in [0.1, 0.15) is 10.4 Å². The number of methoxy groups -OCH3 is 1. The molecule has 0 spiro atoms. The van der Waals surface area contributed by atoms with Crippen molar-refractivity contribution in [1.82, 2.24) is 0 Å². The van der Waals surface area contributed by atoms with Crippen molar-refractivity contribution < 1.29 is 19.0 Å². The van der Waals surface area contributed by atoms with E-state index in [4.69, 9.17) is 9.84 Å². The molecule has 0 heterocycles. The van der Waals surface area contributed by atoms with Crippen LogP contribution in [0.4, 0.5) is 4.39 Å². The van der Waals surface area contributed by atoms with E-state index in [0.717, 1.165) is 0 Å². The van der Waals surface area contributed by atoms with E-state index in [9.17, 15) is 9.18 Å². The lowest BCUT2D eigenvalue weighted by molar-refractivity contribution is 0.0688. The smallest absolute Gasteiger partial charge is 0.342 e. The van der Waals surface area contributed by atoms with E-state index >= 15 is 0 Å². The van der Waals surface area contributed by atoms with E-state index < -0.39 is 17.3 Å². The van der Waals surface area contributed by atoms with Crippen molar-refractivity contribution in [2.24, 2.45) is 0 Å². The summed E-state index contributed by atoms with van der Waals surface area (Å²) in [5.41, 5.74) is -0.461. The molecule has 0 aliphatic heterocycles. The van der Waals surface area contributed by atoms with Gasteiger partial charge in [0.25, 0.3) is 0 Å². The highest BCUT2D eigenvalue weighted by molar-refractivity contribution is 9.10. The van der Waals surface area contributed by atoms with Crippen LogP contribution in [0.3, 0.4) is 0 Å². The number of rotatable bonds is 2. The largest absolute Gasteiger partial charge is 0.496 e. The lowest BCUT2D eigenvalue weighted by Gasteiger charge is -2.06. The average Bonchev–Trinajstić information content (AvgIpc) is 2.08. The normalized spacial score (nSPS) is 9.77. The summed E-state index contributed by atoms with van der Waals surface area (Å²) in [6.07, 6.45) is 0. The highest BCUT2D eigenvalue weighted by Gasteiger charge is 2.18. The molecule has 0 radical (unpaired) electrons. The Morgan fingerprint density at radius 3 is 2.69 bits per heavy atom. The van der Waals surface area contributed by atoms with E-state index in [2.05, 4.69) is 15.9 Å². The molecule has 0 unspecified atom stereocenters. The van der Waals surface area contributed by atoms with Gasteiger partial charge in [-0.1, -0.05) is 0 Å². The fourth-order valence-electron chi connectivity index (χ4n) is 0.902. The first-order valence-corrected chi connectivity index (χ1v) is 4.12. The zero-order chi connectivity index (χ0) is 10.0. The van der Waals surface area contributed by atoms with Gasteiger partial charge in [-0.25, -0.2) is 9.18 Å². The van der Waals surface area contributed by atoms with Crippen LogP contribution in [-0.4, -0.2) is 18.2 Å². The van der Waals surface area contributed by atoms with Crippen molar-refractivity contribution >= 4 is 21.9 Å². The van der Waals surface area contributed by atoms with Crippen LogP contribution < -0.4 is 4.74 Å². The maximum Gasteiger partial charge on any atom is 0.342 e. The molecule has 0 aromatic heterocycles. The highest BCUT2D eigenvalue weighted by atomic mass is 79.9. The first-order valence-electron chi connectivity index (χ1n) is 3.33. The number of carbonyl (C=O) groups is 1. The minimum absolute atomic E-state index is 0.00759. The number of aromatic carboxylic acids is 1. The van der Waals surface area contributed by atoms with Gasteiger partial charge < -0.3 is 9.84 Å². The van der Waals surface area contributed by atoms with Gasteiger partial charge in [0, 0.05) is 0 Å². The molecular formula is C8H6BrFO3. The van der Waals surface area contributed by atoms with Gasteiger partial charge in [0.1, 0.15) is 11.3 Å². The Kier molecular flexibility index (Phi) is 2.87. The summed E-state index contributed by atoms with van der Waals surface area (Å²) in [5.74, 6) is -2.17. The van der Waals surface area contributed by atoms with Crippen molar-refractivity contribution in [1.29, 1.82) is 0 Å². The molecule has 0 saturated heterocycles. The molecule has 0 aliphatic carbocycles. The Morgan fingerprint density at radius 2 is 2.23 bits per heavy atom. The molecule has 0 aliphatic rings. The summed E-state index contributed by atoms with van der Waals surface area (Å²) >= 11 is 2.88. The Bertz CT molecular complexity index is 351. The second-order valence-electron chi connectivity index (χ2n) is 2.24. The predicted octanol–water partition coefficient (Wildman–Crippen LogP) is 2.29. The zero-order valence-corrected chi connectivity index (χ0v) is 8.26. The molecule has 5 heteroatoms. The lowest BCUT2D eigenvalue weighted by atomic mass is 10.2. The van der Waals surface area contributed by atoms with Gasteiger partial charge in [0.2, 0.25) is 0 Å². The molecule has 1 N–H and O–H groups in total. The van der Waals surface area contributed by atoms with Gasteiger partial charge in [-0.15, -0.1) is 0 Å². The Morgan fingerprint density at radius 1 is 1.62 bits per heavy atom. The van der Waals surface area contributed by atoms with Crippen LogP contribution in [0.5, 0.6) is 5.75 Å². The second-order valence-corrected chi connectivity index (χ2v) is 3.10. The van der Waals surface area contributed by atoms with Crippen LogP contribution in [0, 0.1) is 5.82 Å². The minimum Gasteiger partial charge on any atom is -0.496 e. The van der Waals surface area contributed by atoms with Gasteiger partial charge >= 0.3 is 5.97 Å². The first kappa shape index (κ1) is 9.98. The van der Waals surface area contributed by atoms with Crippen molar-refractivity contribution in [3.8, 4) is 5.75 Å². The van der Waals surface area contributed by atoms with Gasteiger partial charge in [-0.3, -0.25) is 0 Å². The number of hydrogen-bond acceptors (Lipinski definition) is 2. The highest BCUT2D eigenvalue weighted by Crippen LogP contribution is 2.27. The maximum atomic E-state index is 13.2. The van der Waals surface area contributed by atoms with Gasteiger partial charge in [-0.05, 0) is 28.1 Å². The Labute approximate surface area is 82.3 Å². The molecule has 1 aromatic rings. The number of ether oxygens (including phenoxy) is 1. The predicted molar refractivity (Wildman–Crippen MR) is 47.6 cm³/mol. The fourth-order valence-corrected chi connectivity index (χ4v) is 1.23. The molecule has 0 fully saturated rings. The van der Waals surface area contributed by atoms with Crippen molar-refractivity contribution in [2.45, 2.75) is 0 Å². The van der Waals surface area contributed by atoms with Crippen LogP contribution in [0.2, 0.25) is 0 Å². The molecule has 1 aromatic carbocycles. The number of carboxylic acids is 1. The summed E-state index contributed by atoms with van der Waals surface area (Å²) in [6, 6.07) is 2.78. The van der Waals surface area contributed by atoms with Crippen LogP contribution in [0.15, 0.2) is 16.6 Å². The van der Waals surface area contributed by atoms with Crippen LogP contribution in [0.25, 0.3) is 0 Å². The summed E-state index contributed by atoms with van der Waals surface area (Å²) in [4.78, 5) is 10.6. The third-order valence-electron chi connectivity index (χ3n) is 1.49. The van der Waals surface area contributed by atoms with Gasteiger partial charge in [0.05, 0.1) is 11.6 Å². The van der Waals surface area contributed by atoms with E-state index in [1.807, 2.05) is 0 Å². The number of hydrogen-bond donors (Lipinski definition) is 1. The minimum atomic E-state index is -1.35. The van der Waals surface area contributed by atoms with Crippen molar-refractivity contribution in [3.05, 3.63) is 28.0 Å². The van der Waals surface area contributed by atoms with Gasteiger partial charge in [-0.2, -0.15) is 0 Å². The fraction of sp³-hybridized carbons (Fsp3) is 0.125. The molecule has 0 amide bonds. The van der Waals surface area contributed by atoms with Crippen molar-refractivity contribution in [3.63, 3.8) is 0 Å². The Hall–Kier alpha value is -1.10. The van der Waals surface area contributed by atoms with Crippen molar-refractivity contribution in [2.75, 3.05) is 7.11 Å². The lowest BCUT2D eigenvalue weighted by Crippen LogP contribution is -2.04. The number of halogens is 2. The molecule has 3 nitrogen and oxygen atoms in total. The molecule has 70 valence electrons. The van der Waals surface area contributed by atoms with Crippen LogP contribution in [-0.2, 0) is 0 Å². The topological polar surface area (TPSA) is 46.5 Å². The molecule has 0 atom stereocenters. The SMILES string of the molecule is COc1ccc(Br)c(F)c1C(=O)O. The molecule has 0 bridgehead atoms. The van der Waals surface area contributed by atoms with E-state index in [1.54, 1.807) is 0 Å². The molecular weight excluding hydrogens is 243 g/mol. The summed E-state index contributed by atoms with van der Waals surface area (Å²) in [7, 11) is 1.29. The molecule has 13 heavy (non-hydrogen) atoms. The quantitative estimate of drug-likeness (QED) is 0.874. The summed E-state index contributed by atoms with van der Waals surface area (Å²) in [5, 5.41) is 8.66. The summed E-state index contributed by atoms with van der Waals surface area (Å²) < 4.78 is 18.0. The standard InChI is InChI=1S/C8H6BrFO3/c1-13-5-3-2-4(9)7(10)6(5)8(11)12/h2-3H,1H3,(H,11,12). The number of carboxylic acid groups (broad SMARTS) is 1. The third kappa shape index (κ3) is 1.80. The second kappa shape index (κ2) is 3.74. The summed E-state index contributed by atoms with van der Waals surface area (Å²) in [6.45, 7) is 0. The zero-order valence-electron chi connectivity index (χ0n) is 6.67. The molecule has 0 saturated carbocycles. The van der Waals surface area contributed by atoms with Gasteiger partial charge in [0.15, 0.2) is 5.82 Å².